The second-order valence-electron chi connectivity index (χ2n) is 3.97. The molecule has 2 N–H and O–H groups in total. The lowest BCUT2D eigenvalue weighted by atomic mass is 10.0. The van der Waals surface area contributed by atoms with E-state index in [1.54, 1.807) is 13.8 Å². The number of esters is 1. The third-order valence-corrected chi connectivity index (χ3v) is 3.94. The van der Waals surface area contributed by atoms with Gasteiger partial charge < -0.3 is 9.84 Å². The number of carbonyl (C=O) groups is 2. The van der Waals surface area contributed by atoms with Crippen LogP contribution in [0.25, 0.3) is 0 Å². The molecule has 0 aliphatic heterocycles. The highest BCUT2D eigenvalue weighted by molar-refractivity contribution is 7.89. The van der Waals surface area contributed by atoms with Crippen molar-refractivity contribution in [1.82, 2.24) is 4.72 Å². The lowest BCUT2D eigenvalue weighted by molar-refractivity contribution is -0.143. The average Bonchev–Trinajstić information content (AvgIpc) is 2.26. The molecule has 0 aromatic carbocycles. The van der Waals surface area contributed by atoms with E-state index in [9.17, 15) is 18.0 Å². The van der Waals surface area contributed by atoms with Gasteiger partial charge in [0.25, 0.3) is 0 Å². The van der Waals surface area contributed by atoms with Crippen LogP contribution < -0.4 is 4.72 Å². The van der Waals surface area contributed by atoms with Crippen LogP contribution in [0.15, 0.2) is 0 Å². The van der Waals surface area contributed by atoms with Gasteiger partial charge in [-0.3, -0.25) is 9.59 Å². The number of sulfonamides is 1. The molecule has 7 nitrogen and oxygen atoms in total. The summed E-state index contributed by atoms with van der Waals surface area (Å²) in [6, 6.07) is 0. The standard InChI is InChI=1S/C10H19NO6S/c1-4-10(3,9(13)14)11-18(15,16)7-6-8(12)17-5-2/h11H,4-7H2,1-3H3,(H,13,14). The third kappa shape index (κ3) is 5.46. The highest BCUT2D eigenvalue weighted by atomic mass is 32.2. The van der Waals surface area contributed by atoms with E-state index in [0.29, 0.717) is 0 Å². The lowest BCUT2D eigenvalue weighted by Crippen LogP contribution is -2.52. The third-order valence-electron chi connectivity index (χ3n) is 2.44. The number of nitrogens with one attached hydrogen (secondary N) is 1. The van der Waals surface area contributed by atoms with E-state index >= 15 is 0 Å². The van der Waals surface area contributed by atoms with Crippen molar-refractivity contribution < 1.29 is 27.9 Å². The zero-order valence-electron chi connectivity index (χ0n) is 10.7. The molecule has 1 unspecified atom stereocenters. The summed E-state index contributed by atoms with van der Waals surface area (Å²) in [5.41, 5.74) is -1.56. The van der Waals surface area contributed by atoms with Crippen molar-refractivity contribution in [1.29, 1.82) is 0 Å². The molecule has 1 atom stereocenters. The molecule has 0 rings (SSSR count). The van der Waals surface area contributed by atoms with Gasteiger partial charge in [-0.2, -0.15) is 4.72 Å². The summed E-state index contributed by atoms with van der Waals surface area (Å²) in [5.74, 6) is -2.38. The van der Waals surface area contributed by atoms with Crippen LogP contribution in [0.4, 0.5) is 0 Å². The second-order valence-corrected chi connectivity index (χ2v) is 5.81. The molecule has 0 spiro atoms. The highest BCUT2D eigenvalue weighted by Crippen LogP contribution is 2.11. The molecular weight excluding hydrogens is 262 g/mol. The molecule has 0 fully saturated rings. The molecule has 0 saturated heterocycles. The van der Waals surface area contributed by atoms with Crippen LogP contribution in [0.2, 0.25) is 0 Å². The maximum absolute atomic E-state index is 11.6. The van der Waals surface area contributed by atoms with Crippen molar-refractivity contribution in [3.8, 4) is 0 Å². The summed E-state index contributed by atoms with van der Waals surface area (Å²) >= 11 is 0. The number of hydrogen-bond donors (Lipinski definition) is 2. The normalized spacial score (nSPS) is 14.8. The number of carboxylic acid groups (broad SMARTS) is 1. The summed E-state index contributed by atoms with van der Waals surface area (Å²) in [5, 5.41) is 8.94. The zero-order chi connectivity index (χ0) is 14.4. The number of carbonyl (C=O) groups excluding carboxylic acids is 1. The van der Waals surface area contributed by atoms with Crippen LogP contribution in [0.5, 0.6) is 0 Å². The fourth-order valence-electron chi connectivity index (χ4n) is 1.11. The van der Waals surface area contributed by atoms with Gasteiger partial charge in [-0.25, -0.2) is 8.42 Å². The Morgan fingerprint density at radius 1 is 1.33 bits per heavy atom. The Morgan fingerprint density at radius 3 is 2.28 bits per heavy atom. The Bertz CT molecular complexity index is 405. The molecule has 0 aromatic rings. The number of hydrogen-bond acceptors (Lipinski definition) is 5. The van der Waals surface area contributed by atoms with Crippen molar-refractivity contribution in [2.24, 2.45) is 0 Å². The van der Waals surface area contributed by atoms with Gasteiger partial charge in [0.15, 0.2) is 0 Å². The summed E-state index contributed by atoms with van der Waals surface area (Å²) in [4.78, 5) is 22.0. The summed E-state index contributed by atoms with van der Waals surface area (Å²) in [6.07, 6.45) is -0.205. The van der Waals surface area contributed by atoms with Crippen LogP contribution in [-0.4, -0.2) is 43.4 Å². The van der Waals surface area contributed by atoms with Gasteiger partial charge in [0.1, 0.15) is 5.54 Å². The maximum Gasteiger partial charge on any atom is 0.324 e. The molecule has 106 valence electrons. The molecule has 0 heterocycles. The Labute approximate surface area is 107 Å². The predicted octanol–water partition coefficient (Wildman–Crippen LogP) is 0.112. The molecule has 8 heteroatoms. The average molecular weight is 281 g/mol. The van der Waals surface area contributed by atoms with Crippen LogP contribution in [0, 0.1) is 0 Å². The van der Waals surface area contributed by atoms with E-state index in [-0.39, 0.29) is 19.4 Å². The fourth-order valence-corrected chi connectivity index (χ4v) is 2.57. The molecule has 0 aromatic heterocycles. The largest absolute Gasteiger partial charge is 0.480 e. The first kappa shape index (κ1) is 16.9. The molecule has 0 aliphatic rings. The van der Waals surface area contributed by atoms with Crippen molar-refractivity contribution in [2.45, 2.75) is 39.2 Å². The smallest absolute Gasteiger partial charge is 0.324 e. The molecule has 0 amide bonds. The topological polar surface area (TPSA) is 110 Å². The molecule has 0 saturated carbocycles. The fraction of sp³-hybridized carbons (Fsp3) is 0.800. The van der Waals surface area contributed by atoms with Crippen LogP contribution in [-0.2, 0) is 24.3 Å². The predicted molar refractivity (Wildman–Crippen MR) is 64.5 cm³/mol. The Morgan fingerprint density at radius 2 is 1.89 bits per heavy atom. The van der Waals surface area contributed by atoms with Gasteiger partial charge in [0.05, 0.1) is 18.8 Å². The minimum absolute atomic E-state index is 0.0982. The number of aliphatic carboxylic acids is 1. The van der Waals surface area contributed by atoms with Gasteiger partial charge >= 0.3 is 11.9 Å². The van der Waals surface area contributed by atoms with Gasteiger partial charge in [0.2, 0.25) is 10.0 Å². The highest BCUT2D eigenvalue weighted by Gasteiger charge is 2.35. The maximum atomic E-state index is 11.6. The first-order valence-electron chi connectivity index (χ1n) is 5.57. The van der Waals surface area contributed by atoms with Crippen molar-refractivity contribution in [3.63, 3.8) is 0 Å². The molecule has 0 aliphatic carbocycles. The first-order chi connectivity index (χ1) is 8.17. The Balaban J connectivity index is 4.57. The van der Waals surface area contributed by atoms with E-state index in [1.165, 1.54) is 6.92 Å². The molecular formula is C10H19NO6S. The van der Waals surface area contributed by atoms with Crippen LogP contribution in [0.1, 0.15) is 33.6 Å². The van der Waals surface area contributed by atoms with Gasteiger partial charge in [-0.15, -0.1) is 0 Å². The zero-order valence-corrected chi connectivity index (χ0v) is 11.5. The second kappa shape index (κ2) is 6.69. The minimum Gasteiger partial charge on any atom is -0.480 e. The van der Waals surface area contributed by atoms with Crippen LogP contribution in [0.3, 0.4) is 0 Å². The number of rotatable bonds is 8. The number of ether oxygens (including phenoxy) is 1. The van der Waals surface area contributed by atoms with Crippen molar-refractivity contribution in [3.05, 3.63) is 0 Å². The minimum atomic E-state index is -3.84. The van der Waals surface area contributed by atoms with Crippen molar-refractivity contribution >= 4 is 22.0 Å². The van der Waals surface area contributed by atoms with Crippen molar-refractivity contribution in [2.75, 3.05) is 12.4 Å². The van der Waals surface area contributed by atoms with E-state index in [1.807, 2.05) is 0 Å². The monoisotopic (exact) mass is 281 g/mol. The van der Waals surface area contributed by atoms with Gasteiger partial charge in [-0.1, -0.05) is 6.92 Å². The number of carboxylic acids is 1. The summed E-state index contributed by atoms with van der Waals surface area (Å²) in [7, 11) is -3.84. The SMILES string of the molecule is CCOC(=O)CCS(=O)(=O)NC(C)(CC)C(=O)O. The van der Waals surface area contributed by atoms with E-state index in [0.717, 1.165) is 0 Å². The van der Waals surface area contributed by atoms with E-state index < -0.39 is 33.3 Å². The summed E-state index contributed by atoms with van der Waals surface area (Å²) < 4.78 is 29.9. The first-order valence-corrected chi connectivity index (χ1v) is 7.22. The van der Waals surface area contributed by atoms with E-state index in [4.69, 9.17) is 5.11 Å². The molecule has 0 bridgehead atoms. The molecule has 0 radical (unpaired) electrons. The molecule has 18 heavy (non-hydrogen) atoms. The van der Waals surface area contributed by atoms with Gasteiger partial charge in [-0.05, 0) is 20.3 Å². The lowest BCUT2D eigenvalue weighted by Gasteiger charge is -2.24. The Hall–Kier alpha value is -1.15. The van der Waals surface area contributed by atoms with Crippen LogP contribution >= 0.6 is 0 Å². The quantitative estimate of drug-likeness (QED) is 0.611. The summed E-state index contributed by atoms with van der Waals surface area (Å²) in [6.45, 7) is 4.62. The van der Waals surface area contributed by atoms with E-state index in [2.05, 4.69) is 9.46 Å². The Kier molecular flexibility index (Phi) is 6.27. The van der Waals surface area contributed by atoms with Gasteiger partial charge in [0, 0.05) is 0 Å².